The van der Waals surface area contributed by atoms with Crippen molar-refractivity contribution < 1.29 is 18.9 Å². The van der Waals surface area contributed by atoms with E-state index < -0.39 is 6.29 Å². The molecule has 0 atom stereocenters. The molecule has 0 aliphatic carbocycles. The first-order valence-electron chi connectivity index (χ1n) is 3.85. The van der Waals surface area contributed by atoms with Gasteiger partial charge < -0.3 is 18.9 Å². The smallest absolute Gasteiger partial charge is 0.157 e. The van der Waals surface area contributed by atoms with E-state index in [1.807, 2.05) is 0 Å². The number of hydrogen-bond donors (Lipinski definition) is 0. The molecule has 0 aromatic heterocycles. The van der Waals surface area contributed by atoms with Crippen molar-refractivity contribution in [2.45, 2.75) is 6.29 Å². The van der Waals surface area contributed by atoms with Crippen molar-refractivity contribution in [2.75, 3.05) is 40.6 Å². The maximum absolute atomic E-state index is 5.12. The van der Waals surface area contributed by atoms with Crippen LogP contribution in [0, 0.1) is 6.92 Å². The van der Waals surface area contributed by atoms with Gasteiger partial charge in [-0.3, -0.25) is 0 Å². The first-order valence-corrected chi connectivity index (χ1v) is 3.85. The van der Waals surface area contributed by atoms with Crippen molar-refractivity contribution in [3.8, 4) is 0 Å². The lowest BCUT2D eigenvalue weighted by Crippen LogP contribution is -2.18. The average Bonchev–Trinajstić information content (AvgIpc) is 2.06. The lowest BCUT2D eigenvalue weighted by atomic mass is 10.7. The van der Waals surface area contributed by atoms with Gasteiger partial charge in [-0.15, -0.1) is 0 Å². The van der Waals surface area contributed by atoms with Crippen molar-refractivity contribution in [1.29, 1.82) is 0 Å². The van der Waals surface area contributed by atoms with E-state index in [4.69, 9.17) is 18.9 Å². The molecule has 0 aliphatic heterocycles. The fourth-order valence-electron chi connectivity index (χ4n) is 0.574. The summed E-state index contributed by atoms with van der Waals surface area (Å²) in [6, 6.07) is 0. The van der Waals surface area contributed by atoms with Gasteiger partial charge in [0.05, 0.1) is 26.4 Å². The lowest BCUT2D eigenvalue weighted by Gasteiger charge is -2.12. The fraction of sp³-hybridized carbons (Fsp3) is 0.875. The van der Waals surface area contributed by atoms with Gasteiger partial charge in [-0.25, -0.2) is 0 Å². The summed E-state index contributed by atoms with van der Waals surface area (Å²) in [5.41, 5.74) is 0. The first-order chi connectivity index (χ1) is 5.81. The van der Waals surface area contributed by atoms with Crippen molar-refractivity contribution in [3.05, 3.63) is 6.92 Å². The molecule has 0 fully saturated rings. The predicted octanol–water partition coefficient (Wildman–Crippen LogP) is 0.473. The van der Waals surface area contributed by atoms with Crippen molar-refractivity contribution in [3.63, 3.8) is 0 Å². The van der Waals surface area contributed by atoms with E-state index in [2.05, 4.69) is 6.92 Å². The molecule has 0 spiro atoms. The Bertz CT molecular complexity index is 77.1. The minimum Gasteiger partial charge on any atom is -0.382 e. The molecule has 0 aromatic carbocycles. The molecular weight excluding hydrogens is 160 g/mol. The van der Waals surface area contributed by atoms with Gasteiger partial charge in [-0.2, -0.15) is 0 Å². The van der Waals surface area contributed by atoms with E-state index in [1.165, 1.54) is 0 Å². The van der Waals surface area contributed by atoms with Crippen molar-refractivity contribution >= 4 is 0 Å². The Morgan fingerprint density at radius 3 is 1.67 bits per heavy atom. The molecule has 4 heteroatoms. The highest BCUT2D eigenvalue weighted by Crippen LogP contribution is 1.92. The Kier molecular flexibility index (Phi) is 8.81. The normalized spacial score (nSPS) is 11.0. The molecule has 0 unspecified atom stereocenters. The predicted molar refractivity (Wildman–Crippen MR) is 44.8 cm³/mol. The van der Waals surface area contributed by atoms with Crippen LogP contribution in [0.25, 0.3) is 0 Å². The molecule has 0 aliphatic rings. The van der Waals surface area contributed by atoms with Gasteiger partial charge >= 0.3 is 0 Å². The third-order valence-corrected chi connectivity index (χ3v) is 1.18. The molecule has 73 valence electrons. The molecule has 0 amide bonds. The fourth-order valence-corrected chi connectivity index (χ4v) is 0.574. The van der Waals surface area contributed by atoms with Gasteiger partial charge in [0.15, 0.2) is 6.29 Å². The highest BCUT2D eigenvalue weighted by Gasteiger charge is 2.00. The van der Waals surface area contributed by atoms with Gasteiger partial charge in [0.25, 0.3) is 0 Å². The van der Waals surface area contributed by atoms with Crippen LogP contribution in [-0.2, 0) is 18.9 Å². The second-order valence-electron chi connectivity index (χ2n) is 2.16. The monoisotopic (exact) mass is 177 g/mol. The maximum Gasteiger partial charge on any atom is 0.157 e. The Labute approximate surface area is 73.7 Å². The largest absolute Gasteiger partial charge is 0.382 e. The molecular formula is C8H17O4. The average molecular weight is 177 g/mol. The zero-order valence-corrected chi connectivity index (χ0v) is 7.75. The second kappa shape index (κ2) is 8.93. The summed E-state index contributed by atoms with van der Waals surface area (Å²) in [4.78, 5) is 0. The van der Waals surface area contributed by atoms with E-state index in [1.54, 1.807) is 14.2 Å². The number of hydrogen-bond acceptors (Lipinski definition) is 4. The van der Waals surface area contributed by atoms with E-state index >= 15 is 0 Å². The minimum absolute atomic E-state index is 0.435. The van der Waals surface area contributed by atoms with Gasteiger partial charge in [0.2, 0.25) is 0 Å². The van der Waals surface area contributed by atoms with Crippen LogP contribution in [0.3, 0.4) is 0 Å². The van der Waals surface area contributed by atoms with Crippen molar-refractivity contribution in [1.82, 2.24) is 0 Å². The van der Waals surface area contributed by atoms with Crippen molar-refractivity contribution in [2.24, 2.45) is 0 Å². The molecule has 0 heterocycles. The Balaban J connectivity index is 3.04. The standard InChI is InChI=1S/C8H17O4/c1-8(11-6-4-9-2)12-7-5-10-3/h8H,1,4-7H2,2-3H3. The first kappa shape index (κ1) is 11.8. The van der Waals surface area contributed by atoms with Crippen LogP contribution >= 0.6 is 0 Å². The second-order valence-corrected chi connectivity index (χ2v) is 2.16. The molecule has 0 saturated heterocycles. The van der Waals surface area contributed by atoms with Crippen LogP contribution in [0.1, 0.15) is 0 Å². The van der Waals surface area contributed by atoms with Crippen LogP contribution in [0.15, 0.2) is 0 Å². The van der Waals surface area contributed by atoms with E-state index in [0.717, 1.165) is 0 Å². The zero-order valence-electron chi connectivity index (χ0n) is 7.75. The summed E-state index contributed by atoms with van der Waals surface area (Å²) >= 11 is 0. The Morgan fingerprint density at radius 2 is 1.33 bits per heavy atom. The Hall–Kier alpha value is -0.160. The zero-order chi connectivity index (χ0) is 9.23. The number of methoxy groups -OCH3 is 2. The van der Waals surface area contributed by atoms with Gasteiger partial charge in [0.1, 0.15) is 0 Å². The third-order valence-electron chi connectivity index (χ3n) is 1.18. The molecule has 0 N–H and O–H groups in total. The van der Waals surface area contributed by atoms with Crippen LogP contribution in [0.4, 0.5) is 0 Å². The molecule has 0 rings (SSSR count). The molecule has 0 saturated carbocycles. The highest BCUT2D eigenvalue weighted by atomic mass is 16.7. The number of rotatable bonds is 8. The van der Waals surface area contributed by atoms with Crippen LogP contribution in [-0.4, -0.2) is 46.9 Å². The lowest BCUT2D eigenvalue weighted by molar-refractivity contribution is -0.128. The topological polar surface area (TPSA) is 36.9 Å². The van der Waals surface area contributed by atoms with Crippen LogP contribution in [0.2, 0.25) is 0 Å². The van der Waals surface area contributed by atoms with Gasteiger partial charge in [-0.05, 0) is 0 Å². The van der Waals surface area contributed by atoms with Gasteiger partial charge in [0, 0.05) is 21.1 Å². The van der Waals surface area contributed by atoms with E-state index in [-0.39, 0.29) is 0 Å². The minimum atomic E-state index is -0.435. The summed E-state index contributed by atoms with van der Waals surface area (Å²) in [5.74, 6) is 0. The molecule has 1 radical (unpaired) electrons. The highest BCUT2D eigenvalue weighted by molar-refractivity contribution is 4.45. The summed E-state index contributed by atoms with van der Waals surface area (Å²) in [6.07, 6.45) is -0.435. The molecule has 0 bridgehead atoms. The molecule has 4 nitrogen and oxygen atoms in total. The third kappa shape index (κ3) is 7.94. The molecule has 12 heavy (non-hydrogen) atoms. The van der Waals surface area contributed by atoms with E-state index in [9.17, 15) is 0 Å². The van der Waals surface area contributed by atoms with Gasteiger partial charge in [-0.1, -0.05) is 0 Å². The summed E-state index contributed by atoms with van der Waals surface area (Å²) in [5, 5.41) is 0. The Morgan fingerprint density at radius 1 is 0.917 bits per heavy atom. The van der Waals surface area contributed by atoms with Crippen LogP contribution < -0.4 is 0 Å². The summed E-state index contributed by atoms with van der Waals surface area (Å²) in [7, 11) is 3.24. The summed E-state index contributed by atoms with van der Waals surface area (Å²) < 4.78 is 19.8. The quantitative estimate of drug-likeness (QED) is 0.399. The molecule has 0 aromatic rings. The SMILES string of the molecule is [CH2]C(OCCOC)OCCOC. The summed E-state index contributed by atoms with van der Waals surface area (Å²) in [6.45, 7) is 5.73. The number of ether oxygens (including phenoxy) is 4. The van der Waals surface area contributed by atoms with E-state index in [0.29, 0.717) is 26.4 Å². The van der Waals surface area contributed by atoms with Crippen LogP contribution in [0.5, 0.6) is 0 Å². The maximum atomic E-state index is 5.12.